The average Bonchev–Trinajstić information content (AvgIpc) is 2.49. The van der Waals surface area contributed by atoms with Crippen LogP contribution in [0.25, 0.3) is 10.9 Å². The Morgan fingerprint density at radius 1 is 1.19 bits per heavy atom. The average molecular weight is 363 g/mol. The van der Waals surface area contributed by atoms with Crippen molar-refractivity contribution in [3.05, 3.63) is 34.4 Å². The van der Waals surface area contributed by atoms with Gasteiger partial charge in [-0.25, -0.2) is 8.42 Å². The molecule has 3 rings (SSSR count). The summed E-state index contributed by atoms with van der Waals surface area (Å²) in [5, 5.41) is 1.23. The van der Waals surface area contributed by atoms with Gasteiger partial charge >= 0.3 is 0 Å². The first-order valence-electron chi connectivity index (χ1n) is 6.32. The molecule has 1 aromatic heterocycles. The fraction of sp³-hybridized carbons (Fsp3) is 0.308. The van der Waals surface area contributed by atoms with Gasteiger partial charge in [0.2, 0.25) is 10.0 Å². The Morgan fingerprint density at radius 2 is 1.90 bits per heavy atom. The molecule has 0 N–H and O–H groups in total. The summed E-state index contributed by atoms with van der Waals surface area (Å²) in [4.78, 5) is 4.24. The first-order valence-corrected chi connectivity index (χ1v) is 9.67. The normalized spacial score (nSPS) is 17.2. The molecule has 8 heteroatoms. The number of halogens is 2. The molecule has 1 aliphatic rings. The molecule has 0 saturated carbocycles. The fourth-order valence-electron chi connectivity index (χ4n) is 2.22. The smallest absolute Gasteiger partial charge is 0.246 e. The van der Waals surface area contributed by atoms with Gasteiger partial charge in [-0.3, -0.25) is 4.98 Å². The van der Waals surface area contributed by atoms with Crippen LogP contribution in [-0.4, -0.2) is 42.3 Å². The first kappa shape index (κ1) is 15.4. The van der Waals surface area contributed by atoms with E-state index in [1.54, 1.807) is 30.0 Å². The zero-order chi connectivity index (χ0) is 15.0. The van der Waals surface area contributed by atoms with Crippen molar-refractivity contribution >= 4 is 55.9 Å². The van der Waals surface area contributed by atoms with E-state index in [2.05, 4.69) is 4.98 Å². The van der Waals surface area contributed by atoms with Crippen LogP contribution in [0.3, 0.4) is 0 Å². The Hall–Kier alpha value is -0.530. The van der Waals surface area contributed by atoms with E-state index in [9.17, 15) is 8.42 Å². The van der Waals surface area contributed by atoms with Crippen molar-refractivity contribution in [3.63, 3.8) is 0 Å². The van der Waals surface area contributed by atoms with Crippen LogP contribution in [0.2, 0.25) is 10.0 Å². The van der Waals surface area contributed by atoms with Gasteiger partial charge in [0.1, 0.15) is 4.90 Å². The number of rotatable bonds is 2. The van der Waals surface area contributed by atoms with Gasteiger partial charge in [0, 0.05) is 41.2 Å². The molecule has 0 aliphatic carbocycles. The zero-order valence-electron chi connectivity index (χ0n) is 10.9. The first-order chi connectivity index (χ1) is 10.00. The molecule has 0 spiro atoms. The van der Waals surface area contributed by atoms with Gasteiger partial charge in [-0.2, -0.15) is 16.1 Å². The third kappa shape index (κ3) is 2.87. The van der Waals surface area contributed by atoms with Crippen molar-refractivity contribution in [1.82, 2.24) is 9.29 Å². The molecule has 2 aromatic rings. The van der Waals surface area contributed by atoms with Gasteiger partial charge < -0.3 is 0 Å². The highest BCUT2D eigenvalue weighted by atomic mass is 35.5. The highest BCUT2D eigenvalue weighted by Gasteiger charge is 2.29. The molecule has 0 atom stereocenters. The lowest BCUT2D eigenvalue weighted by atomic mass is 10.2. The molecule has 1 saturated heterocycles. The third-order valence-electron chi connectivity index (χ3n) is 3.32. The zero-order valence-corrected chi connectivity index (χ0v) is 14.1. The van der Waals surface area contributed by atoms with E-state index in [-0.39, 0.29) is 9.92 Å². The molecule has 21 heavy (non-hydrogen) atoms. The maximum atomic E-state index is 12.7. The molecule has 0 radical (unpaired) electrons. The van der Waals surface area contributed by atoms with Crippen LogP contribution in [0.5, 0.6) is 0 Å². The summed E-state index contributed by atoms with van der Waals surface area (Å²) in [7, 11) is -3.61. The molecule has 1 fully saturated rings. The van der Waals surface area contributed by atoms with Crippen LogP contribution < -0.4 is 0 Å². The highest BCUT2D eigenvalue weighted by molar-refractivity contribution is 7.99. The van der Waals surface area contributed by atoms with E-state index in [0.29, 0.717) is 29.0 Å². The van der Waals surface area contributed by atoms with Crippen molar-refractivity contribution in [1.29, 1.82) is 0 Å². The summed E-state index contributed by atoms with van der Waals surface area (Å²) in [6.07, 6.45) is 1.33. The molecule has 0 bridgehead atoms. The van der Waals surface area contributed by atoms with E-state index >= 15 is 0 Å². The lowest BCUT2D eigenvalue weighted by Gasteiger charge is -2.26. The SMILES string of the molecule is O=S(=O)(c1cnc2ccc(Cl)cc2c1Cl)N1CCSCC1. The van der Waals surface area contributed by atoms with Gasteiger partial charge in [0.15, 0.2) is 0 Å². The molecule has 0 unspecified atom stereocenters. The van der Waals surface area contributed by atoms with Crippen LogP contribution >= 0.6 is 35.0 Å². The predicted octanol–water partition coefficient (Wildman–Crippen LogP) is 3.28. The Morgan fingerprint density at radius 3 is 2.62 bits per heavy atom. The summed E-state index contributed by atoms with van der Waals surface area (Å²) >= 11 is 14.0. The van der Waals surface area contributed by atoms with Crippen LogP contribution in [0.15, 0.2) is 29.3 Å². The number of hydrogen-bond donors (Lipinski definition) is 0. The number of nitrogens with zero attached hydrogens (tertiary/aromatic N) is 2. The Kier molecular flexibility index (Phi) is 4.34. The van der Waals surface area contributed by atoms with Crippen molar-refractivity contribution in [2.75, 3.05) is 24.6 Å². The second-order valence-corrected chi connectivity index (χ2v) is 8.56. The monoisotopic (exact) mass is 362 g/mol. The number of hydrogen-bond acceptors (Lipinski definition) is 4. The molecule has 1 aliphatic heterocycles. The molecule has 2 heterocycles. The maximum Gasteiger partial charge on any atom is 0.246 e. The Balaban J connectivity index is 2.13. The summed E-state index contributed by atoms with van der Waals surface area (Å²) in [6, 6.07) is 5.05. The lowest BCUT2D eigenvalue weighted by Crippen LogP contribution is -2.38. The fourth-order valence-corrected chi connectivity index (χ4v) is 5.48. The predicted molar refractivity (Wildman–Crippen MR) is 87.8 cm³/mol. The number of pyridine rings is 1. The summed E-state index contributed by atoms with van der Waals surface area (Å²) < 4.78 is 26.9. The summed E-state index contributed by atoms with van der Waals surface area (Å²) in [5.41, 5.74) is 0.623. The van der Waals surface area contributed by atoms with Gasteiger partial charge in [-0.1, -0.05) is 23.2 Å². The van der Waals surface area contributed by atoms with E-state index in [1.165, 1.54) is 10.5 Å². The molecule has 0 amide bonds. The highest BCUT2D eigenvalue weighted by Crippen LogP contribution is 2.32. The number of thioether (sulfide) groups is 1. The third-order valence-corrected chi connectivity index (χ3v) is 6.93. The largest absolute Gasteiger partial charge is 0.255 e. The Bertz CT molecular complexity index is 790. The number of benzene rings is 1. The molecule has 4 nitrogen and oxygen atoms in total. The summed E-state index contributed by atoms with van der Waals surface area (Å²) in [6.45, 7) is 0.994. The summed E-state index contributed by atoms with van der Waals surface area (Å²) in [5.74, 6) is 1.59. The number of fused-ring (bicyclic) bond motifs is 1. The van der Waals surface area contributed by atoms with Crippen molar-refractivity contribution in [2.24, 2.45) is 0 Å². The molecular weight excluding hydrogens is 351 g/mol. The van der Waals surface area contributed by atoms with Crippen LogP contribution in [0, 0.1) is 0 Å². The second-order valence-electron chi connectivity index (χ2n) is 4.61. The minimum atomic E-state index is -3.61. The van der Waals surface area contributed by atoms with Gasteiger partial charge in [0.05, 0.1) is 10.5 Å². The van der Waals surface area contributed by atoms with Crippen molar-refractivity contribution in [3.8, 4) is 0 Å². The Labute approximate surface area is 137 Å². The second kappa shape index (κ2) is 5.93. The van der Waals surface area contributed by atoms with Crippen LogP contribution in [0.1, 0.15) is 0 Å². The quantitative estimate of drug-likeness (QED) is 0.822. The molecule has 1 aromatic carbocycles. The van der Waals surface area contributed by atoms with Crippen molar-refractivity contribution < 1.29 is 8.42 Å². The van der Waals surface area contributed by atoms with E-state index in [0.717, 1.165) is 11.5 Å². The molecular formula is C13H12Cl2N2O2S2. The van der Waals surface area contributed by atoms with Gasteiger partial charge in [-0.15, -0.1) is 0 Å². The maximum absolute atomic E-state index is 12.7. The molecule has 112 valence electrons. The van der Waals surface area contributed by atoms with E-state index in [1.807, 2.05) is 0 Å². The number of sulfonamides is 1. The van der Waals surface area contributed by atoms with Crippen LogP contribution in [-0.2, 0) is 10.0 Å². The minimum Gasteiger partial charge on any atom is -0.255 e. The van der Waals surface area contributed by atoms with E-state index < -0.39 is 10.0 Å². The van der Waals surface area contributed by atoms with E-state index in [4.69, 9.17) is 23.2 Å². The standard InChI is InChI=1S/C13H12Cl2N2O2S2/c14-9-1-2-11-10(7-9)13(15)12(8-16-11)21(18,19)17-3-5-20-6-4-17/h1-2,7-8H,3-6H2. The van der Waals surface area contributed by atoms with Gasteiger partial charge in [0.25, 0.3) is 0 Å². The van der Waals surface area contributed by atoms with Gasteiger partial charge in [-0.05, 0) is 18.2 Å². The van der Waals surface area contributed by atoms with Crippen molar-refractivity contribution in [2.45, 2.75) is 4.90 Å². The minimum absolute atomic E-state index is 0.0471. The number of aromatic nitrogens is 1. The lowest BCUT2D eigenvalue weighted by molar-refractivity contribution is 0.443. The topological polar surface area (TPSA) is 50.3 Å². The van der Waals surface area contributed by atoms with Crippen LogP contribution in [0.4, 0.5) is 0 Å².